The fraction of sp³-hybridized carbons (Fsp3) is 0.308. The Bertz CT molecular complexity index is 505. The standard InChI is InChI=1S/C13H17N3O/c1-9-13(11(7-8-14)16-15-9)10-5-3-4-6-12(10)17-2/h3-6H,7-8,14H2,1-2H3,(H,15,16). The SMILES string of the molecule is COc1ccccc1-c1c(CCN)n[nH]c1C. The minimum absolute atomic E-state index is 0.590. The van der Waals surface area contributed by atoms with Crippen molar-refractivity contribution in [3.05, 3.63) is 35.7 Å². The number of nitrogens with one attached hydrogen (secondary N) is 1. The maximum atomic E-state index is 5.60. The molecule has 0 atom stereocenters. The van der Waals surface area contributed by atoms with Crippen LogP contribution in [-0.4, -0.2) is 23.9 Å². The summed E-state index contributed by atoms with van der Waals surface area (Å²) in [6.45, 7) is 2.60. The van der Waals surface area contributed by atoms with Crippen molar-refractivity contribution in [1.29, 1.82) is 0 Å². The molecular formula is C13H17N3O. The van der Waals surface area contributed by atoms with Gasteiger partial charge in [0.2, 0.25) is 0 Å². The summed E-state index contributed by atoms with van der Waals surface area (Å²) < 4.78 is 5.38. The minimum atomic E-state index is 0.590. The maximum absolute atomic E-state index is 5.60. The minimum Gasteiger partial charge on any atom is -0.496 e. The number of nitrogens with two attached hydrogens (primary N) is 1. The number of para-hydroxylation sites is 1. The number of methoxy groups -OCH3 is 1. The summed E-state index contributed by atoms with van der Waals surface area (Å²) >= 11 is 0. The molecule has 0 aliphatic carbocycles. The Labute approximate surface area is 101 Å². The zero-order valence-electron chi connectivity index (χ0n) is 10.2. The van der Waals surface area contributed by atoms with Gasteiger partial charge in [-0.25, -0.2) is 0 Å². The highest BCUT2D eigenvalue weighted by Gasteiger charge is 2.15. The summed E-state index contributed by atoms with van der Waals surface area (Å²) in [7, 11) is 1.68. The van der Waals surface area contributed by atoms with E-state index >= 15 is 0 Å². The fourth-order valence-corrected chi connectivity index (χ4v) is 2.01. The molecule has 0 aliphatic rings. The molecule has 0 saturated carbocycles. The van der Waals surface area contributed by atoms with Crippen LogP contribution < -0.4 is 10.5 Å². The lowest BCUT2D eigenvalue weighted by Gasteiger charge is -2.09. The van der Waals surface area contributed by atoms with Crippen LogP contribution in [0.1, 0.15) is 11.4 Å². The molecule has 1 aromatic heterocycles. The van der Waals surface area contributed by atoms with Gasteiger partial charge in [0.05, 0.1) is 12.8 Å². The Hall–Kier alpha value is -1.81. The van der Waals surface area contributed by atoms with Gasteiger partial charge in [-0.3, -0.25) is 5.10 Å². The molecule has 2 rings (SSSR count). The third-order valence-corrected chi connectivity index (χ3v) is 2.78. The number of hydrogen-bond acceptors (Lipinski definition) is 3. The van der Waals surface area contributed by atoms with E-state index in [2.05, 4.69) is 10.2 Å². The van der Waals surface area contributed by atoms with E-state index in [-0.39, 0.29) is 0 Å². The number of aryl methyl sites for hydroxylation is 1. The fourth-order valence-electron chi connectivity index (χ4n) is 2.01. The van der Waals surface area contributed by atoms with Gasteiger partial charge in [0.15, 0.2) is 0 Å². The first-order valence-electron chi connectivity index (χ1n) is 5.65. The molecule has 0 saturated heterocycles. The van der Waals surface area contributed by atoms with Crippen LogP contribution in [0.3, 0.4) is 0 Å². The molecule has 4 nitrogen and oxygen atoms in total. The Morgan fingerprint density at radius 3 is 2.82 bits per heavy atom. The van der Waals surface area contributed by atoms with E-state index in [0.717, 1.165) is 34.7 Å². The number of H-pyrrole nitrogens is 1. The van der Waals surface area contributed by atoms with Crippen LogP contribution in [0.15, 0.2) is 24.3 Å². The molecule has 2 aromatic rings. The zero-order valence-corrected chi connectivity index (χ0v) is 10.2. The van der Waals surface area contributed by atoms with Crippen LogP contribution in [0.5, 0.6) is 5.75 Å². The number of benzene rings is 1. The van der Waals surface area contributed by atoms with Crippen LogP contribution in [0.4, 0.5) is 0 Å². The monoisotopic (exact) mass is 231 g/mol. The molecule has 0 bridgehead atoms. The second-order valence-electron chi connectivity index (χ2n) is 3.91. The second-order valence-corrected chi connectivity index (χ2v) is 3.91. The first-order chi connectivity index (χ1) is 8.27. The summed E-state index contributed by atoms with van der Waals surface area (Å²) in [4.78, 5) is 0. The predicted molar refractivity (Wildman–Crippen MR) is 68.1 cm³/mol. The lowest BCUT2D eigenvalue weighted by atomic mass is 10.0. The van der Waals surface area contributed by atoms with Crippen molar-refractivity contribution in [3.8, 4) is 16.9 Å². The van der Waals surface area contributed by atoms with Gasteiger partial charge in [-0.1, -0.05) is 18.2 Å². The van der Waals surface area contributed by atoms with E-state index in [1.807, 2.05) is 31.2 Å². The van der Waals surface area contributed by atoms with E-state index in [0.29, 0.717) is 6.54 Å². The highest BCUT2D eigenvalue weighted by molar-refractivity contribution is 5.74. The Morgan fingerprint density at radius 2 is 2.12 bits per heavy atom. The van der Waals surface area contributed by atoms with E-state index < -0.39 is 0 Å². The van der Waals surface area contributed by atoms with Crippen molar-refractivity contribution in [2.45, 2.75) is 13.3 Å². The van der Waals surface area contributed by atoms with Crippen molar-refractivity contribution in [2.24, 2.45) is 5.73 Å². The third-order valence-electron chi connectivity index (χ3n) is 2.78. The second kappa shape index (κ2) is 5.01. The topological polar surface area (TPSA) is 63.9 Å². The van der Waals surface area contributed by atoms with Crippen LogP contribution >= 0.6 is 0 Å². The largest absolute Gasteiger partial charge is 0.496 e. The van der Waals surface area contributed by atoms with Gasteiger partial charge < -0.3 is 10.5 Å². The molecule has 0 aliphatic heterocycles. The first-order valence-corrected chi connectivity index (χ1v) is 5.65. The van der Waals surface area contributed by atoms with Gasteiger partial charge in [0.1, 0.15) is 5.75 Å². The number of aromatic amines is 1. The number of aromatic nitrogens is 2. The maximum Gasteiger partial charge on any atom is 0.126 e. The molecule has 0 unspecified atom stereocenters. The van der Waals surface area contributed by atoms with E-state index in [9.17, 15) is 0 Å². The van der Waals surface area contributed by atoms with Gasteiger partial charge in [-0.2, -0.15) is 5.10 Å². The lowest BCUT2D eigenvalue weighted by molar-refractivity contribution is 0.416. The van der Waals surface area contributed by atoms with Crippen molar-refractivity contribution in [2.75, 3.05) is 13.7 Å². The number of hydrogen-bond donors (Lipinski definition) is 2. The molecule has 4 heteroatoms. The van der Waals surface area contributed by atoms with Crippen molar-refractivity contribution >= 4 is 0 Å². The summed E-state index contributed by atoms with van der Waals surface area (Å²) in [5.74, 6) is 0.857. The van der Waals surface area contributed by atoms with Gasteiger partial charge in [-0.05, 0) is 19.5 Å². The lowest BCUT2D eigenvalue weighted by Crippen LogP contribution is -2.04. The van der Waals surface area contributed by atoms with Crippen molar-refractivity contribution < 1.29 is 4.74 Å². The van der Waals surface area contributed by atoms with Crippen molar-refractivity contribution in [3.63, 3.8) is 0 Å². The van der Waals surface area contributed by atoms with Gasteiger partial charge >= 0.3 is 0 Å². The highest BCUT2D eigenvalue weighted by atomic mass is 16.5. The van der Waals surface area contributed by atoms with E-state index in [1.54, 1.807) is 7.11 Å². The van der Waals surface area contributed by atoms with Crippen LogP contribution in [0.2, 0.25) is 0 Å². The molecule has 90 valence electrons. The first kappa shape index (κ1) is 11.7. The number of ether oxygens (including phenoxy) is 1. The highest BCUT2D eigenvalue weighted by Crippen LogP contribution is 2.33. The molecule has 3 N–H and O–H groups in total. The van der Waals surface area contributed by atoms with E-state index in [4.69, 9.17) is 10.5 Å². The van der Waals surface area contributed by atoms with Crippen LogP contribution in [0.25, 0.3) is 11.1 Å². The van der Waals surface area contributed by atoms with Crippen molar-refractivity contribution in [1.82, 2.24) is 10.2 Å². The normalized spacial score (nSPS) is 10.5. The summed E-state index contributed by atoms with van der Waals surface area (Å²) in [6.07, 6.45) is 0.762. The molecule has 0 spiro atoms. The smallest absolute Gasteiger partial charge is 0.126 e. The zero-order chi connectivity index (χ0) is 12.3. The molecule has 1 aromatic carbocycles. The number of rotatable bonds is 4. The number of nitrogens with zero attached hydrogens (tertiary/aromatic N) is 1. The van der Waals surface area contributed by atoms with Crippen LogP contribution in [0, 0.1) is 6.92 Å². The van der Waals surface area contributed by atoms with E-state index in [1.165, 1.54) is 0 Å². The Balaban J connectivity index is 2.55. The molecular weight excluding hydrogens is 214 g/mol. The molecule has 17 heavy (non-hydrogen) atoms. The third kappa shape index (κ3) is 2.17. The van der Waals surface area contributed by atoms with Gasteiger partial charge in [0, 0.05) is 23.2 Å². The average molecular weight is 231 g/mol. The van der Waals surface area contributed by atoms with Gasteiger partial charge in [-0.15, -0.1) is 0 Å². The predicted octanol–water partition coefficient (Wildman–Crippen LogP) is 1.89. The molecule has 1 heterocycles. The summed E-state index contributed by atoms with van der Waals surface area (Å²) in [6, 6.07) is 7.95. The molecule has 0 fully saturated rings. The molecule has 0 amide bonds. The Kier molecular flexibility index (Phi) is 3.44. The van der Waals surface area contributed by atoms with Gasteiger partial charge in [0.25, 0.3) is 0 Å². The Morgan fingerprint density at radius 1 is 1.35 bits per heavy atom. The summed E-state index contributed by atoms with van der Waals surface area (Å²) in [5.41, 5.74) is 9.80. The van der Waals surface area contributed by atoms with Crippen LogP contribution in [-0.2, 0) is 6.42 Å². The quantitative estimate of drug-likeness (QED) is 0.844. The molecule has 0 radical (unpaired) electrons. The average Bonchev–Trinajstić information content (AvgIpc) is 2.71. The summed E-state index contributed by atoms with van der Waals surface area (Å²) in [5, 5.41) is 7.31.